The van der Waals surface area contributed by atoms with Crippen LogP contribution >= 0.6 is 11.3 Å². The fraction of sp³-hybridized carbons (Fsp3) is 0.167. The molecule has 0 amide bonds. The highest BCUT2D eigenvalue weighted by atomic mass is 32.1. The monoisotopic (exact) mass is 232 g/mol. The zero-order chi connectivity index (χ0) is 11.5. The van der Waals surface area contributed by atoms with Gasteiger partial charge in [0.2, 0.25) is 5.91 Å². The number of hydrogen-bond acceptors (Lipinski definition) is 3. The number of nitrogens with zero attached hydrogens (tertiary/aromatic N) is 2. The Morgan fingerprint density at radius 1 is 1.31 bits per heavy atom. The summed E-state index contributed by atoms with van der Waals surface area (Å²) < 4.78 is 1.64. The normalized spacial score (nSPS) is 11.8. The maximum absolute atomic E-state index is 11.6. The molecule has 1 aromatic heterocycles. The summed E-state index contributed by atoms with van der Waals surface area (Å²) in [6.07, 6.45) is 0. The van der Waals surface area contributed by atoms with E-state index in [1.54, 1.807) is 18.5 Å². The van der Waals surface area contributed by atoms with Crippen LogP contribution < -0.4 is 4.80 Å². The smallest absolute Gasteiger partial charge is 0.230 e. The maximum atomic E-state index is 11.6. The SMILES string of the molecule is CN=c1scc(-c2ccccc2)n1C(C)=O. The summed E-state index contributed by atoms with van der Waals surface area (Å²) in [5.74, 6) is -0.0132. The highest BCUT2D eigenvalue weighted by Crippen LogP contribution is 2.19. The van der Waals surface area contributed by atoms with Gasteiger partial charge in [-0.15, -0.1) is 11.3 Å². The summed E-state index contributed by atoms with van der Waals surface area (Å²) in [5, 5.41) is 1.96. The van der Waals surface area contributed by atoms with E-state index in [1.165, 1.54) is 11.3 Å². The quantitative estimate of drug-likeness (QED) is 0.743. The number of rotatable bonds is 1. The molecule has 0 aliphatic heterocycles. The van der Waals surface area contributed by atoms with Gasteiger partial charge in [-0.1, -0.05) is 30.3 Å². The standard InChI is InChI=1S/C12H12N2OS/c1-9(15)14-11(8-16-12(14)13-2)10-6-4-3-5-7-10/h3-8H,1-2H3. The third-order valence-corrected chi connectivity index (χ3v) is 3.20. The zero-order valence-electron chi connectivity index (χ0n) is 9.18. The second kappa shape index (κ2) is 4.45. The molecule has 0 atom stereocenters. The predicted octanol–water partition coefficient (Wildman–Crippen LogP) is 2.41. The van der Waals surface area contributed by atoms with Crippen molar-refractivity contribution in [1.29, 1.82) is 0 Å². The molecule has 16 heavy (non-hydrogen) atoms. The van der Waals surface area contributed by atoms with Crippen molar-refractivity contribution in [2.75, 3.05) is 7.05 Å². The van der Waals surface area contributed by atoms with Crippen LogP contribution in [0, 0.1) is 0 Å². The first kappa shape index (κ1) is 10.8. The molecule has 0 aliphatic carbocycles. The van der Waals surface area contributed by atoms with Crippen LogP contribution in [0.1, 0.15) is 11.7 Å². The van der Waals surface area contributed by atoms with Gasteiger partial charge >= 0.3 is 0 Å². The molecule has 0 saturated carbocycles. The number of carbonyl (C=O) groups excluding carboxylic acids is 1. The molecule has 0 N–H and O–H groups in total. The summed E-state index contributed by atoms with van der Waals surface area (Å²) >= 11 is 1.47. The van der Waals surface area contributed by atoms with Gasteiger partial charge in [-0.25, -0.2) is 0 Å². The molecule has 1 aromatic carbocycles. The minimum atomic E-state index is -0.0132. The molecule has 0 radical (unpaired) electrons. The fourth-order valence-electron chi connectivity index (χ4n) is 1.58. The molecule has 0 unspecified atom stereocenters. The van der Waals surface area contributed by atoms with Gasteiger partial charge in [0.1, 0.15) is 0 Å². The van der Waals surface area contributed by atoms with Crippen molar-refractivity contribution in [2.45, 2.75) is 6.92 Å². The Morgan fingerprint density at radius 2 is 2.00 bits per heavy atom. The molecule has 1 heterocycles. The van der Waals surface area contributed by atoms with Crippen LogP contribution in [0.5, 0.6) is 0 Å². The van der Waals surface area contributed by atoms with Crippen molar-refractivity contribution >= 4 is 17.2 Å². The molecular weight excluding hydrogens is 220 g/mol. The van der Waals surface area contributed by atoms with Crippen molar-refractivity contribution in [3.8, 4) is 11.3 Å². The van der Waals surface area contributed by atoms with Gasteiger partial charge in [0.05, 0.1) is 5.69 Å². The molecule has 3 nitrogen and oxygen atoms in total. The van der Waals surface area contributed by atoms with E-state index in [1.807, 2.05) is 35.7 Å². The number of benzene rings is 1. The summed E-state index contributed by atoms with van der Waals surface area (Å²) in [6, 6.07) is 9.85. The summed E-state index contributed by atoms with van der Waals surface area (Å²) in [6.45, 7) is 1.55. The van der Waals surface area contributed by atoms with Gasteiger partial charge in [-0.2, -0.15) is 0 Å². The first-order chi connectivity index (χ1) is 7.74. The summed E-state index contributed by atoms with van der Waals surface area (Å²) in [4.78, 5) is 16.4. The summed E-state index contributed by atoms with van der Waals surface area (Å²) in [5.41, 5.74) is 1.93. The van der Waals surface area contributed by atoms with Crippen LogP contribution in [0.3, 0.4) is 0 Å². The van der Waals surface area contributed by atoms with Crippen LogP contribution in [0.2, 0.25) is 0 Å². The third kappa shape index (κ3) is 1.84. The topological polar surface area (TPSA) is 34.4 Å². The lowest BCUT2D eigenvalue weighted by Gasteiger charge is -2.03. The second-order valence-corrected chi connectivity index (χ2v) is 4.18. The molecule has 0 bridgehead atoms. The lowest BCUT2D eigenvalue weighted by molar-refractivity contribution is 0.0935. The van der Waals surface area contributed by atoms with Gasteiger partial charge in [0.25, 0.3) is 0 Å². The Hall–Kier alpha value is -1.68. The molecule has 0 saturated heterocycles. The van der Waals surface area contributed by atoms with Crippen LogP contribution in [-0.2, 0) is 0 Å². The van der Waals surface area contributed by atoms with Crippen molar-refractivity contribution in [3.05, 3.63) is 40.5 Å². The van der Waals surface area contributed by atoms with E-state index in [0.29, 0.717) is 0 Å². The molecule has 0 aliphatic rings. The Morgan fingerprint density at radius 3 is 2.56 bits per heavy atom. The Kier molecular flexibility index (Phi) is 3.01. The van der Waals surface area contributed by atoms with Gasteiger partial charge in [0, 0.05) is 19.4 Å². The molecule has 2 rings (SSSR count). The van der Waals surface area contributed by atoms with Crippen molar-refractivity contribution in [1.82, 2.24) is 4.57 Å². The molecule has 4 heteroatoms. The molecule has 82 valence electrons. The van der Waals surface area contributed by atoms with E-state index in [4.69, 9.17) is 0 Å². The number of carbonyl (C=O) groups is 1. The fourth-order valence-corrected chi connectivity index (χ4v) is 2.48. The number of hydrogen-bond donors (Lipinski definition) is 0. The highest BCUT2D eigenvalue weighted by Gasteiger charge is 2.10. The summed E-state index contributed by atoms with van der Waals surface area (Å²) in [7, 11) is 1.69. The Labute approximate surface area is 97.7 Å². The van der Waals surface area contributed by atoms with E-state index in [-0.39, 0.29) is 5.91 Å². The predicted molar refractivity (Wildman–Crippen MR) is 65.5 cm³/mol. The van der Waals surface area contributed by atoms with E-state index in [2.05, 4.69) is 4.99 Å². The number of thiazole rings is 1. The van der Waals surface area contributed by atoms with E-state index < -0.39 is 0 Å². The lowest BCUT2D eigenvalue weighted by atomic mass is 10.2. The van der Waals surface area contributed by atoms with E-state index in [9.17, 15) is 4.79 Å². The first-order valence-electron chi connectivity index (χ1n) is 4.93. The molecule has 2 aromatic rings. The Balaban J connectivity index is 2.68. The molecular formula is C12H12N2OS. The van der Waals surface area contributed by atoms with Gasteiger partial charge < -0.3 is 0 Å². The van der Waals surface area contributed by atoms with Crippen LogP contribution in [0.15, 0.2) is 40.7 Å². The number of aromatic nitrogens is 1. The third-order valence-electron chi connectivity index (χ3n) is 2.28. The largest absolute Gasteiger partial charge is 0.274 e. The van der Waals surface area contributed by atoms with Crippen molar-refractivity contribution in [2.24, 2.45) is 4.99 Å². The van der Waals surface area contributed by atoms with Crippen LogP contribution in [-0.4, -0.2) is 17.5 Å². The minimum absolute atomic E-state index is 0.0132. The van der Waals surface area contributed by atoms with Crippen molar-refractivity contribution < 1.29 is 4.79 Å². The Bertz CT molecular complexity index is 566. The maximum Gasteiger partial charge on any atom is 0.230 e. The highest BCUT2D eigenvalue weighted by molar-refractivity contribution is 7.07. The minimum Gasteiger partial charge on any atom is -0.274 e. The second-order valence-electron chi connectivity index (χ2n) is 3.35. The van der Waals surface area contributed by atoms with Crippen molar-refractivity contribution in [3.63, 3.8) is 0 Å². The van der Waals surface area contributed by atoms with E-state index in [0.717, 1.165) is 16.1 Å². The lowest BCUT2D eigenvalue weighted by Crippen LogP contribution is -2.21. The van der Waals surface area contributed by atoms with Gasteiger partial charge in [-0.3, -0.25) is 14.4 Å². The zero-order valence-corrected chi connectivity index (χ0v) is 9.99. The van der Waals surface area contributed by atoms with Crippen LogP contribution in [0.25, 0.3) is 11.3 Å². The average Bonchev–Trinajstić information content (AvgIpc) is 2.73. The van der Waals surface area contributed by atoms with Crippen LogP contribution in [0.4, 0.5) is 0 Å². The average molecular weight is 232 g/mol. The molecule has 0 fully saturated rings. The first-order valence-corrected chi connectivity index (χ1v) is 5.81. The van der Waals surface area contributed by atoms with E-state index >= 15 is 0 Å². The van der Waals surface area contributed by atoms with Gasteiger partial charge in [-0.05, 0) is 5.56 Å². The van der Waals surface area contributed by atoms with Gasteiger partial charge in [0.15, 0.2) is 4.80 Å². The molecule has 0 spiro atoms.